The van der Waals surface area contributed by atoms with Gasteiger partial charge in [0.1, 0.15) is 10.7 Å². The van der Waals surface area contributed by atoms with Gasteiger partial charge >= 0.3 is 0 Å². The predicted molar refractivity (Wildman–Crippen MR) is 131 cm³/mol. The number of amides is 1. The highest BCUT2D eigenvalue weighted by Gasteiger charge is 2.19. The average molecular weight is 480 g/mol. The second-order valence-electron chi connectivity index (χ2n) is 7.66. The second kappa shape index (κ2) is 9.84. The van der Waals surface area contributed by atoms with E-state index < -0.39 is 0 Å². The smallest absolute Gasteiger partial charge is 0.269 e. The van der Waals surface area contributed by atoms with Crippen LogP contribution in [0.5, 0.6) is 0 Å². The Morgan fingerprint density at radius 2 is 1.82 bits per heavy atom. The molecule has 9 heteroatoms. The highest BCUT2D eigenvalue weighted by atomic mass is 35.5. The van der Waals surface area contributed by atoms with Crippen molar-refractivity contribution in [3.63, 3.8) is 0 Å². The molecule has 1 saturated heterocycles. The van der Waals surface area contributed by atoms with E-state index in [0.29, 0.717) is 42.0 Å². The summed E-state index contributed by atoms with van der Waals surface area (Å²) >= 11 is 7.51. The molecule has 7 nitrogen and oxygen atoms in total. The van der Waals surface area contributed by atoms with Crippen LogP contribution >= 0.6 is 22.9 Å². The number of benzene rings is 2. The monoisotopic (exact) mass is 479 g/mol. The van der Waals surface area contributed by atoms with Gasteiger partial charge in [0, 0.05) is 34.6 Å². The maximum atomic E-state index is 12.7. The third kappa shape index (κ3) is 4.99. The normalized spacial score (nSPS) is 14.3. The minimum atomic E-state index is -0.273. The van der Waals surface area contributed by atoms with Gasteiger partial charge in [0.15, 0.2) is 5.82 Å². The Morgan fingerprint density at radius 3 is 2.58 bits per heavy atom. The number of carbonyl (C=O) groups is 1. The minimum Gasteiger partial charge on any atom is -0.379 e. The molecule has 1 amide bonds. The maximum absolute atomic E-state index is 12.7. The molecule has 0 unspecified atom stereocenters. The molecule has 1 aliphatic heterocycles. The topological polar surface area (TPSA) is 79.4 Å². The van der Waals surface area contributed by atoms with Crippen LogP contribution in [0.15, 0.2) is 60.0 Å². The van der Waals surface area contributed by atoms with E-state index in [2.05, 4.69) is 33.3 Å². The molecule has 2 N–H and O–H groups in total. The lowest BCUT2D eigenvalue weighted by Crippen LogP contribution is -2.36. The molecule has 1 aliphatic rings. The molecule has 2 aromatic heterocycles. The molecular weight excluding hydrogens is 458 g/mol. The molecule has 0 aliphatic carbocycles. The molecule has 1 fully saturated rings. The molecule has 0 bridgehead atoms. The van der Waals surface area contributed by atoms with Gasteiger partial charge in [0.05, 0.1) is 25.1 Å². The quantitative estimate of drug-likeness (QED) is 0.393. The molecule has 0 atom stereocenters. The summed E-state index contributed by atoms with van der Waals surface area (Å²) in [5.41, 5.74) is 8.42. The van der Waals surface area contributed by atoms with Crippen molar-refractivity contribution >= 4 is 44.9 Å². The lowest BCUT2D eigenvalue weighted by Gasteiger charge is -2.25. The number of hydrazine groups is 1. The highest BCUT2D eigenvalue weighted by Crippen LogP contribution is 2.36. The van der Waals surface area contributed by atoms with E-state index in [9.17, 15) is 4.79 Å². The molecule has 168 valence electrons. The standard InChI is InChI=1S/C24H22ClN5O2S/c25-18-8-6-17(7-9-18)23(31)29-28-22-21-19(16-4-2-1-3-5-16)15-33-24(21)27-20(26-22)14-30-10-12-32-13-11-30/h1-9,15H,10-14H2,(H,29,31)(H,26,27,28). The number of thiophene rings is 1. The number of nitrogens with zero attached hydrogens (tertiary/aromatic N) is 3. The van der Waals surface area contributed by atoms with Crippen LogP contribution in [0.3, 0.4) is 0 Å². The van der Waals surface area contributed by atoms with E-state index in [1.807, 2.05) is 18.2 Å². The van der Waals surface area contributed by atoms with Crippen molar-refractivity contribution in [1.82, 2.24) is 20.3 Å². The van der Waals surface area contributed by atoms with Crippen molar-refractivity contribution in [1.29, 1.82) is 0 Å². The summed E-state index contributed by atoms with van der Waals surface area (Å²) in [5.74, 6) is 1.00. The lowest BCUT2D eigenvalue weighted by atomic mass is 10.1. The first kappa shape index (κ1) is 21.8. The van der Waals surface area contributed by atoms with Gasteiger partial charge in [-0.15, -0.1) is 11.3 Å². The number of morpholine rings is 1. The highest BCUT2D eigenvalue weighted by molar-refractivity contribution is 7.17. The first-order chi connectivity index (χ1) is 16.2. The van der Waals surface area contributed by atoms with Crippen molar-refractivity contribution < 1.29 is 9.53 Å². The first-order valence-electron chi connectivity index (χ1n) is 10.6. The van der Waals surface area contributed by atoms with Gasteiger partial charge in [-0.3, -0.25) is 20.5 Å². The number of halogens is 1. The van der Waals surface area contributed by atoms with Gasteiger partial charge in [0.2, 0.25) is 0 Å². The average Bonchev–Trinajstić information content (AvgIpc) is 3.28. The Morgan fingerprint density at radius 1 is 1.06 bits per heavy atom. The molecule has 5 rings (SSSR count). The summed E-state index contributed by atoms with van der Waals surface area (Å²) in [5, 5.41) is 3.54. The van der Waals surface area contributed by atoms with Crippen LogP contribution in [0.2, 0.25) is 5.02 Å². The number of aromatic nitrogens is 2. The summed E-state index contributed by atoms with van der Waals surface area (Å²) in [6.45, 7) is 3.73. The van der Waals surface area contributed by atoms with Crippen LogP contribution in [0.25, 0.3) is 21.3 Å². The number of hydrogen-bond acceptors (Lipinski definition) is 7. The Bertz CT molecular complexity index is 1260. The maximum Gasteiger partial charge on any atom is 0.269 e. The third-order valence-corrected chi connectivity index (χ3v) is 6.56. The first-order valence-corrected chi connectivity index (χ1v) is 11.9. The van der Waals surface area contributed by atoms with Gasteiger partial charge in [0.25, 0.3) is 5.91 Å². The molecule has 0 spiro atoms. The number of fused-ring (bicyclic) bond motifs is 1. The molecule has 2 aromatic carbocycles. The van der Waals surface area contributed by atoms with E-state index >= 15 is 0 Å². The molecule has 3 heterocycles. The number of rotatable bonds is 6. The van der Waals surface area contributed by atoms with Gasteiger partial charge < -0.3 is 4.74 Å². The molecule has 0 radical (unpaired) electrons. The van der Waals surface area contributed by atoms with Crippen LogP contribution in [-0.2, 0) is 11.3 Å². The Labute approximate surface area is 200 Å². The van der Waals surface area contributed by atoms with Crippen molar-refractivity contribution in [2.45, 2.75) is 6.54 Å². The van der Waals surface area contributed by atoms with E-state index in [1.54, 1.807) is 35.6 Å². The fourth-order valence-electron chi connectivity index (χ4n) is 3.73. The summed E-state index contributed by atoms with van der Waals surface area (Å²) in [7, 11) is 0. The molecule has 33 heavy (non-hydrogen) atoms. The van der Waals surface area contributed by atoms with Crippen LogP contribution in [-0.4, -0.2) is 47.1 Å². The van der Waals surface area contributed by atoms with Crippen molar-refractivity contribution in [3.05, 3.63) is 76.4 Å². The number of carbonyl (C=O) groups excluding carboxylic acids is 1. The van der Waals surface area contributed by atoms with E-state index in [-0.39, 0.29) is 5.91 Å². The fourth-order valence-corrected chi connectivity index (χ4v) is 4.82. The zero-order valence-corrected chi connectivity index (χ0v) is 19.3. The van der Waals surface area contributed by atoms with Crippen molar-refractivity contribution in [3.8, 4) is 11.1 Å². The van der Waals surface area contributed by atoms with Crippen LogP contribution < -0.4 is 10.9 Å². The summed E-state index contributed by atoms with van der Waals surface area (Å²) in [6, 6.07) is 16.8. The Kier molecular flexibility index (Phi) is 6.50. The van der Waals surface area contributed by atoms with Gasteiger partial charge in [-0.2, -0.15) is 0 Å². The SMILES string of the molecule is O=C(NNc1nc(CN2CCOCC2)nc2scc(-c3ccccc3)c12)c1ccc(Cl)cc1. The Hall–Kier alpha value is -3.04. The number of hydrogen-bond donors (Lipinski definition) is 2. The zero-order valence-electron chi connectivity index (χ0n) is 17.8. The van der Waals surface area contributed by atoms with Gasteiger partial charge in [-0.1, -0.05) is 41.9 Å². The molecule has 4 aromatic rings. The largest absolute Gasteiger partial charge is 0.379 e. The van der Waals surface area contributed by atoms with Crippen LogP contribution in [0, 0.1) is 0 Å². The fraction of sp³-hybridized carbons (Fsp3) is 0.208. The molecule has 0 saturated carbocycles. The summed E-state index contributed by atoms with van der Waals surface area (Å²) in [6.07, 6.45) is 0. The summed E-state index contributed by atoms with van der Waals surface area (Å²) < 4.78 is 5.45. The number of anilines is 1. The van der Waals surface area contributed by atoms with Crippen LogP contribution in [0.1, 0.15) is 16.2 Å². The Balaban J connectivity index is 1.48. The number of ether oxygens (including phenoxy) is 1. The predicted octanol–water partition coefficient (Wildman–Crippen LogP) is 4.60. The van der Waals surface area contributed by atoms with Crippen molar-refractivity contribution in [2.24, 2.45) is 0 Å². The minimum absolute atomic E-state index is 0.273. The molecular formula is C24H22ClN5O2S. The van der Waals surface area contributed by atoms with E-state index in [1.165, 1.54) is 0 Å². The van der Waals surface area contributed by atoms with E-state index in [4.69, 9.17) is 26.3 Å². The zero-order chi connectivity index (χ0) is 22.6. The third-order valence-electron chi connectivity index (χ3n) is 5.43. The summed E-state index contributed by atoms with van der Waals surface area (Å²) in [4.78, 5) is 25.4. The number of nitrogens with one attached hydrogen (secondary N) is 2. The van der Waals surface area contributed by atoms with Gasteiger partial charge in [-0.25, -0.2) is 9.97 Å². The van der Waals surface area contributed by atoms with E-state index in [0.717, 1.165) is 34.4 Å². The van der Waals surface area contributed by atoms with Crippen molar-refractivity contribution in [2.75, 3.05) is 31.7 Å². The lowest BCUT2D eigenvalue weighted by molar-refractivity contribution is 0.0331. The van der Waals surface area contributed by atoms with Crippen LogP contribution in [0.4, 0.5) is 5.82 Å². The second-order valence-corrected chi connectivity index (χ2v) is 8.95. The van der Waals surface area contributed by atoms with Gasteiger partial charge in [-0.05, 0) is 29.8 Å².